The Labute approximate surface area is 199 Å². The molecular weight excluding hydrogens is 454 g/mol. The van der Waals surface area contributed by atoms with E-state index in [1.54, 1.807) is 9.58 Å². The van der Waals surface area contributed by atoms with Crippen molar-refractivity contribution in [1.29, 1.82) is 0 Å². The molecule has 1 saturated heterocycles. The van der Waals surface area contributed by atoms with Gasteiger partial charge in [0.1, 0.15) is 5.82 Å². The second kappa shape index (κ2) is 9.01. The van der Waals surface area contributed by atoms with Gasteiger partial charge >= 0.3 is 0 Å². The van der Waals surface area contributed by atoms with Crippen molar-refractivity contribution in [3.05, 3.63) is 86.5 Å². The van der Waals surface area contributed by atoms with Crippen LogP contribution < -0.4 is 5.56 Å². The van der Waals surface area contributed by atoms with E-state index in [0.717, 1.165) is 28.8 Å². The molecule has 0 saturated carbocycles. The molecule has 1 aliphatic heterocycles. The predicted molar refractivity (Wildman–Crippen MR) is 125 cm³/mol. The van der Waals surface area contributed by atoms with E-state index in [-0.39, 0.29) is 28.5 Å². The Hall–Kier alpha value is -3.95. The first-order chi connectivity index (χ1) is 16.8. The number of aromatic nitrogens is 5. The number of aryl methyl sites for hydroxylation is 2. The molecule has 1 amide bonds. The van der Waals surface area contributed by atoms with Gasteiger partial charge in [0, 0.05) is 24.6 Å². The summed E-state index contributed by atoms with van der Waals surface area (Å²) in [6.45, 7) is 5.30. The number of aromatic amines is 1. The van der Waals surface area contributed by atoms with E-state index in [0.29, 0.717) is 43.9 Å². The van der Waals surface area contributed by atoms with Gasteiger partial charge in [0.2, 0.25) is 0 Å². The van der Waals surface area contributed by atoms with Gasteiger partial charge < -0.3 is 9.88 Å². The number of likely N-dealkylation sites (tertiary alicyclic amines) is 1. The average Bonchev–Trinajstić information content (AvgIpc) is 3.26. The van der Waals surface area contributed by atoms with Crippen molar-refractivity contribution in [3.63, 3.8) is 0 Å². The summed E-state index contributed by atoms with van der Waals surface area (Å²) in [6, 6.07) is 9.32. The molecule has 8 nitrogen and oxygen atoms in total. The Kier molecular flexibility index (Phi) is 5.88. The van der Waals surface area contributed by atoms with Crippen molar-refractivity contribution in [2.75, 3.05) is 13.1 Å². The summed E-state index contributed by atoms with van der Waals surface area (Å²) in [5.41, 5.74) is 3.68. The smallest absolute Gasteiger partial charge is 0.281 e. The van der Waals surface area contributed by atoms with Gasteiger partial charge in [0.15, 0.2) is 22.8 Å². The first-order valence-corrected chi connectivity index (χ1v) is 11.4. The Balaban J connectivity index is 1.35. The Bertz CT molecular complexity index is 1490. The maximum absolute atomic E-state index is 13.5. The van der Waals surface area contributed by atoms with Crippen LogP contribution in [0.1, 0.15) is 51.6 Å². The van der Waals surface area contributed by atoms with Gasteiger partial charge in [-0.1, -0.05) is 29.0 Å². The van der Waals surface area contributed by atoms with Gasteiger partial charge in [-0.25, -0.2) is 18.4 Å². The number of amides is 1. The molecular formula is C25H24F2N6O2. The summed E-state index contributed by atoms with van der Waals surface area (Å²) in [5, 5.41) is 8.20. The fourth-order valence-corrected chi connectivity index (χ4v) is 4.48. The van der Waals surface area contributed by atoms with Crippen LogP contribution in [0, 0.1) is 25.5 Å². The second-order valence-corrected chi connectivity index (χ2v) is 9.00. The van der Waals surface area contributed by atoms with E-state index < -0.39 is 11.6 Å². The molecule has 10 heteroatoms. The van der Waals surface area contributed by atoms with Crippen LogP contribution >= 0.6 is 0 Å². The lowest BCUT2D eigenvalue weighted by Crippen LogP contribution is -2.38. The average molecular weight is 479 g/mol. The van der Waals surface area contributed by atoms with E-state index in [9.17, 15) is 18.4 Å². The molecule has 0 aliphatic carbocycles. The van der Waals surface area contributed by atoms with E-state index in [1.807, 2.05) is 26.0 Å². The van der Waals surface area contributed by atoms with Crippen LogP contribution in [0.5, 0.6) is 0 Å². The normalized spacial score (nSPS) is 14.6. The van der Waals surface area contributed by atoms with Crippen molar-refractivity contribution in [2.24, 2.45) is 0 Å². The van der Waals surface area contributed by atoms with Crippen LogP contribution in [0.25, 0.3) is 11.2 Å². The molecule has 4 aromatic rings. The molecule has 0 spiro atoms. The lowest BCUT2D eigenvalue weighted by atomic mass is 9.95. The molecule has 3 heterocycles. The highest BCUT2D eigenvalue weighted by atomic mass is 19.2. The lowest BCUT2D eigenvalue weighted by Gasteiger charge is -2.31. The van der Waals surface area contributed by atoms with Crippen LogP contribution in [0.2, 0.25) is 0 Å². The number of hydrogen-bond donors (Lipinski definition) is 1. The maximum Gasteiger partial charge on any atom is 0.281 e. The zero-order valence-corrected chi connectivity index (χ0v) is 19.4. The SMILES string of the molecule is Cc1ccc(C)c(Cn2nnc3c(=O)[nH]c(C4CCN(C(=O)c5ccc(F)c(F)c5)CC4)nc32)c1. The van der Waals surface area contributed by atoms with Gasteiger partial charge in [-0.15, -0.1) is 5.10 Å². The van der Waals surface area contributed by atoms with E-state index in [1.165, 1.54) is 6.07 Å². The summed E-state index contributed by atoms with van der Waals surface area (Å²) >= 11 is 0. The third kappa shape index (κ3) is 4.43. The van der Waals surface area contributed by atoms with Crippen molar-refractivity contribution in [3.8, 4) is 0 Å². The monoisotopic (exact) mass is 478 g/mol. The molecule has 180 valence electrons. The summed E-state index contributed by atoms with van der Waals surface area (Å²) in [5.74, 6) is -1.92. The third-order valence-electron chi connectivity index (χ3n) is 6.55. The maximum atomic E-state index is 13.5. The van der Waals surface area contributed by atoms with Crippen LogP contribution in [-0.4, -0.2) is 48.9 Å². The van der Waals surface area contributed by atoms with Crippen molar-refractivity contribution in [2.45, 2.75) is 39.2 Å². The zero-order valence-electron chi connectivity index (χ0n) is 19.4. The van der Waals surface area contributed by atoms with Gasteiger partial charge in [0.25, 0.3) is 11.5 Å². The van der Waals surface area contributed by atoms with Crippen LogP contribution in [0.15, 0.2) is 41.2 Å². The summed E-state index contributed by atoms with van der Waals surface area (Å²) in [6.07, 6.45) is 1.14. The number of hydrogen-bond acceptors (Lipinski definition) is 5. The van der Waals surface area contributed by atoms with Gasteiger partial charge in [-0.3, -0.25) is 9.59 Å². The van der Waals surface area contributed by atoms with Crippen molar-refractivity contribution >= 4 is 17.1 Å². The fraction of sp³-hybridized carbons (Fsp3) is 0.320. The molecule has 0 radical (unpaired) electrons. The molecule has 2 aromatic heterocycles. The summed E-state index contributed by atoms with van der Waals surface area (Å²) in [4.78, 5) is 34.6. The van der Waals surface area contributed by atoms with Crippen molar-refractivity contribution in [1.82, 2.24) is 29.9 Å². The molecule has 0 bridgehead atoms. The summed E-state index contributed by atoms with van der Waals surface area (Å²) < 4.78 is 28.4. The zero-order chi connectivity index (χ0) is 24.7. The molecule has 1 aliphatic rings. The number of carbonyl (C=O) groups excluding carboxylic acids is 1. The number of nitrogens with one attached hydrogen (secondary N) is 1. The van der Waals surface area contributed by atoms with Crippen LogP contribution in [0.3, 0.4) is 0 Å². The Morgan fingerprint density at radius 3 is 2.60 bits per heavy atom. The third-order valence-corrected chi connectivity index (χ3v) is 6.55. The minimum absolute atomic E-state index is 0.0647. The number of H-pyrrole nitrogens is 1. The quantitative estimate of drug-likeness (QED) is 0.485. The fourth-order valence-electron chi connectivity index (χ4n) is 4.48. The Morgan fingerprint density at radius 1 is 1.09 bits per heavy atom. The molecule has 35 heavy (non-hydrogen) atoms. The van der Waals surface area contributed by atoms with Gasteiger partial charge in [-0.2, -0.15) is 0 Å². The first-order valence-electron chi connectivity index (χ1n) is 11.4. The number of carbonyl (C=O) groups is 1. The number of rotatable bonds is 4. The minimum atomic E-state index is -1.05. The van der Waals surface area contributed by atoms with Crippen LogP contribution in [-0.2, 0) is 6.54 Å². The predicted octanol–water partition coefficient (Wildman–Crippen LogP) is 3.48. The van der Waals surface area contributed by atoms with Crippen molar-refractivity contribution < 1.29 is 13.6 Å². The molecule has 1 N–H and O–H groups in total. The molecule has 5 rings (SSSR count). The number of nitrogens with zero attached hydrogens (tertiary/aromatic N) is 5. The highest BCUT2D eigenvalue weighted by Crippen LogP contribution is 2.27. The van der Waals surface area contributed by atoms with E-state index in [4.69, 9.17) is 4.98 Å². The number of piperidine rings is 1. The number of halogens is 2. The lowest BCUT2D eigenvalue weighted by molar-refractivity contribution is 0.0710. The second-order valence-electron chi connectivity index (χ2n) is 9.00. The van der Waals surface area contributed by atoms with Crippen LogP contribution in [0.4, 0.5) is 8.78 Å². The largest absolute Gasteiger partial charge is 0.339 e. The minimum Gasteiger partial charge on any atom is -0.339 e. The number of fused-ring (bicyclic) bond motifs is 1. The summed E-state index contributed by atoms with van der Waals surface area (Å²) in [7, 11) is 0. The van der Waals surface area contributed by atoms with E-state index >= 15 is 0 Å². The first kappa shape index (κ1) is 22.8. The van der Waals surface area contributed by atoms with E-state index in [2.05, 4.69) is 21.4 Å². The van der Waals surface area contributed by atoms with Gasteiger partial charge in [-0.05, 0) is 56.0 Å². The van der Waals surface area contributed by atoms with Gasteiger partial charge in [0.05, 0.1) is 6.54 Å². The Morgan fingerprint density at radius 2 is 1.86 bits per heavy atom. The topological polar surface area (TPSA) is 96.8 Å². The number of benzene rings is 2. The standard InChI is InChI=1S/C25H24F2N6O2/c1-14-3-4-15(2)18(11-14)13-33-23-21(30-31-33)24(34)29-22(28-23)16-7-9-32(10-8-16)25(35)17-5-6-19(26)20(27)12-17/h3-6,11-12,16H,7-10,13H2,1-2H3,(H,28,29,34). The highest BCUT2D eigenvalue weighted by Gasteiger charge is 2.27. The molecule has 2 aromatic carbocycles. The molecule has 0 unspecified atom stereocenters. The highest BCUT2D eigenvalue weighted by molar-refractivity contribution is 5.94. The molecule has 1 fully saturated rings. The molecule has 0 atom stereocenters.